The first-order valence-corrected chi connectivity index (χ1v) is 5.20. The van der Waals surface area contributed by atoms with Gasteiger partial charge in [-0.15, -0.1) is 0 Å². The largest absolute Gasteiger partial charge is 0.465 e. The number of benzene rings is 1. The number of rotatable bonds is 4. The second-order valence-electron chi connectivity index (χ2n) is 3.20. The number of carbonyl (C=O) groups excluding carboxylic acids is 2. The molecular formula is C13H14O4. The maximum Gasteiger partial charge on any atom is 0.337 e. The molecule has 0 bridgehead atoms. The predicted octanol–water partition coefficient (Wildman–Crippen LogP) is 2.05. The molecule has 0 heterocycles. The lowest BCUT2D eigenvalue weighted by Crippen LogP contribution is -2.01. The molecule has 0 aliphatic rings. The Labute approximate surface area is 99.8 Å². The van der Waals surface area contributed by atoms with Gasteiger partial charge in [0.25, 0.3) is 0 Å². The number of methoxy groups -OCH3 is 1. The van der Waals surface area contributed by atoms with Crippen molar-refractivity contribution in [2.45, 2.75) is 6.92 Å². The van der Waals surface area contributed by atoms with Gasteiger partial charge in [-0.1, -0.05) is 12.1 Å². The molecule has 1 aromatic carbocycles. The number of esters is 2. The standard InChI is InChI=1S/C13H14O4/c1-3-17-12(14)8-7-10-5-4-6-11(9-10)13(15)16-2/h4-9H,3H2,1-2H3/b8-7+. The van der Waals surface area contributed by atoms with Crippen LogP contribution in [0.2, 0.25) is 0 Å². The second-order valence-corrected chi connectivity index (χ2v) is 3.20. The Morgan fingerprint density at radius 2 is 2.12 bits per heavy atom. The number of hydrogen-bond acceptors (Lipinski definition) is 4. The smallest absolute Gasteiger partial charge is 0.337 e. The van der Waals surface area contributed by atoms with Gasteiger partial charge in [0.05, 0.1) is 19.3 Å². The molecule has 17 heavy (non-hydrogen) atoms. The molecule has 0 N–H and O–H groups in total. The van der Waals surface area contributed by atoms with E-state index >= 15 is 0 Å². The number of ether oxygens (including phenoxy) is 2. The lowest BCUT2D eigenvalue weighted by molar-refractivity contribution is -0.137. The summed E-state index contributed by atoms with van der Waals surface area (Å²) in [7, 11) is 1.32. The molecule has 0 aliphatic heterocycles. The van der Waals surface area contributed by atoms with Crippen LogP contribution in [0.4, 0.5) is 0 Å². The molecule has 90 valence electrons. The maximum absolute atomic E-state index is 11.3. The van der Waals surface area contributed by atoms with Crippen LogP contribution in [0.5, 0.6) is 0 Å². The molecule has 1 rings (SSSR count). The summed E-state index contributed by atoms with van der Waals surface area (Å²) in [5.74, 6) is -0.813. The zero-order valence-electron chi connectivity index (χ0n) is 9.80. The number of hydrogen-bond donors (Lipinski definition) is 0. The first-order chi connectivity index (χ1) is 8.17. The van der Waals surface area contributed by atoms with Crippen LogP contribution >= 0.6 is 0 Å². The Bertz CT molecular complexity index is 435. The van der Waals surface area contributed by atoms with Crippen molar-refractivity contribution in [2.24, 2.45) is 0 Å². The van der Waals surface area contributed by atoms with E-state index in [4.69, 9.17) is 4.74 Å². The van der Waals surface area contributed by atoms with Crippen LogP contribution in [0.1, 0.15) is 22.8 Å². The third-order valence-corrected chi connectivity index (χ3v) is 2.01. The van der Waals surface area contributed by atoms with E-state index in [1.54, 1.807) is 37.3 Å². The zero-order valence-corrected chi connectivity index (χ0v) is 9.80. The fourth-order valence-corrected chi connectivity index (χ4v) is 1.24. The van der Waals surface area contributed by atoms with Gasteiger partial charge in [0.2, 0.25) is 0 Å². The minimum atomic E-state index is -0.407. The van der Waals surface area contributed by atoms with E-state index in [9.17, 15) is 9.59 Å². The molecule has 4 heteroatoms. The fourth-order valence-electron chi connectivity index (χ4n) is 1.24. The van der Waals surface area contributed by atoms with Crippen molar-refractivity contribution in [3.63, 3.8) is 0 Å². The van der Waals surface area contributed by atoms with Crippen molar-refractivity contribution < 1.29 is 19.1 Å². The second kappa shape index (κ2) is 6.48. The molecule has 0 atom stereocenters. The summed E-state index contributed by atoms with van der Waals surface area (Å²) in [4.78, 5) is 22.4. The zero-order chi connectivity index (χ0) is 12.7. The van der Waals surface area contributed by atoms with Gasteiger partial charge in [0.15, 0.2) is 0 Å². The van der Waals surface area contributed by atoms with Crippen molar-refractivity contribution >= 4 is 18.0 Å². The molecule has 0 amide bonds. The Balaban J connectivity index is 2.78. The van der Waals surface area contributed by atoms with Crippen LogP contribution in [0.3, 0.4) is 0 Å². The molecule has 0 fully saturated rings. The molecule has 0 radical (unpaired) electrons. The van der Waals surface area contributed by atoms with Gasteiger partial charge in [0.1, 0.15) is 0 Å². The van der Waals surface area contributed by atoms with Crippen molar-refractivity contribution in [2.75, 3.05) is 13.7 Å². The van der Waals surface area contributed by atoms with Crippen molar-refractivity contribution in [1.29, 1.82) is 0 Å². The van der Waals surface area contributed by atoms with E-state index in [0.29, 0.717) is 12.2 Å². The summed E-state index contributed by atoms with van der Waals surface area (Å²) in [5.41, 5.74) is 1.18. The quantitative estimate of drug-likeness (QED) is 0.591. The fraction of sp³-hybridized carbons (Fsp3) is 0.231. The molecule has 0 unspecified atom stereocenters. The van der Waals surface area contributed by atoms with Crippen LogP contribution < -0.4 is 0 Å². The highest BCUT2D eigenvalue weighted by Gasteiger charge is 2.04. The summed E-state index contributed by atoms with van der Waals surface area (Å²) in [6, 6.07) is 6.79. The van der Waals surface area contributed by atoms with Gasteiger partial charge in [0, 0.05) is 6.08 Å². The van der Waals surface area contributed by atoms with E-state index in [2.05, 4.69) is 4.74 Å². The Hall–Kier alpha value is -2.10. The van der Waals surface area contributed by atoms with Crippen LogP contribution in [0, 0.1) is 0 Å². The van der Waals surface area contributed by atoms with Gasteiger partial charge in [-0.05, 0) is 30.7 Å². The summed E-state index contributed by atoms with van der Waals surface area (Å²) in [6.45, 7) is 2.08. The highest BCUT2D eigenvalue weighted by molar-refractivity contribution is 5.91. The monoisotopic (exact) mass is 234 g/mol. The highest BCUT2D eigenvalue weighted by Crippen LogP contribution is 2.08. The van der Waals surface area contributed by atoms with Gasteiger partial charge in [-0.2, -0.15) is 0 Å². The van der Waals surface area contributed by atoms with Crippen LogP contribution in [0.25, 0.3) is 6.08 Å². The lowest BCUT2D eigenvalue weighted by atomic mass is 10.1. The summed E-state index contributed by atoms with van der Waals surface area (Å²) >= 11 is 0. The van der Waals surface area contributed by atoms with Crippen LogP contribution in [-0.4, -0.2) is 25.7 Å². The lowest BCUT2D eigenvalue weighted by Gasteiger charge is -2.00. The molecule has 0 spiro atoms. The van der Waals surface area contributed by atoms with Crippen LogP contribution in [0.15, 0.2) is 30.3 Å². The normalized spacial score (nSPS) is 10.2. The van der Waals surface area contributed by atoms with E-state index in [1.807, 2.05) is 0 Å². The molecule has 4 nitrogen and oxygen atoms in total. The van der Waals surface area contributed by atoms with E-state index < -0.39 is 11.9 Å². The number of carbonyl (C=O) groups is 2. The maximum atomic E-state index is 11.3. The van der Waals surface area contributed by atoms with E-state index in [1.165, 1.54) is 13.2 Å². The van der Waals surface area contributed by atoms with Gasteiger partial charge >= 0.3 is 11.9 Å². The topological polar surface area (TPSA) is 52.6 Å². The highest BCUT2D eigenvalue weighted by atomic mass is 16.5. The Morgan fingerprint density at radius 3 is 2.76 bits per heavy atom. The predicted molar refractivity (Wildman–Crippen MR) is 63.4 cm³/mol. The average Bonchev–Trinajstić information content (AvgIpc) is 2.36. The molecule has 0 saturated heterocycles. The molecule has 0 saturated carbocycles. The molecule has 0 aromatic heterocycles. The SMILES string of the molecule is CCOC(=O)/C=C/c1cccc(C(=O)OC)c1. The summed E-state index contributed by atoms with van der Waals surface area (Å²) in [5, 5.41) is 0. The minimum Gasteiger partial charge on any atom is -0.465 e. The van der Waals surface area contributed by atoms with Gasteiger partial charge in [-0.25, -0.2) is 9.59 Å². The molecule has 0 aliphatic carbocycles. The Morgan fingerprint density at radius 1 is 1.35 bits per heavy atom. The third kappa shape index (κ3) is 4.10. The van der Waals surface area contributed by atoms with E-state index in [-0.39, 0.29) is 0 Å². The van der Waals surface area contributed by atoms with Gasteiger partial charge < -0.3 is 9.47 Å². The summed E-state index contributed by atoms with van der Waals surface area (Å²) in [6.07, 6.45) is 2.91. The average molecular weight is 234 g/mol. The molecule has 1 aromatic rings. The first kappa shape index (κ1) is 13.0. The minimum absolute atomic E-state index is 0.339. The Kier molecular flexibility index (Phi) is 4.94. The third-order valence-electron chi connectivity index (χ3n) is 2.01. The van der Waals surface area contributed by atoms with E-state index in [0.717, 1.165) is 5.56 Å². The van der Waals surface area contributed by atoms with Crippen LogP contribution in [-0.2, 0) is 14.3 Å². The molecular weight excluding hydrogens is 220 g/mol. The van der Waals surface area contributed by atoms with Crippen molar-refractivity contribution in [1.82, 2.24) is 0 Å². The van der Waals surface area contributed by atoms with Gasteiger partial charge in [-0.3, -0.25) is 0 Å². The first-order valence-electron chi connectivity index (χ1n) is 5.20. The van der Waals surface area contributed by atoms with Crippen molar-refractivity contribution in [3.05, 3.63) is 41.5 Å². The summed E-state index contributed by atoms with van der Waals surface area (Å²) < 4.78 is 9.35. The van der Waals surface area contributed by atoms with Crippen molar-refractivity contribution in [3.8, 4) is 0 Å².